The van der Waals surface area contributed by atoms with Gasteiger partial charge in [-0.1, -0.05) is 30.3 Å². The van der Waals surface area contributed by atoms with Gasteiger partial charge >= 0.3 is 12.3 Å². The third kappa shape index (κ3) is 2.14. The Morgan fingerprint density at radius 3 is 2.22 bits per heavy atom. The van der Waals surface area contributed by atoms with Gasteiger partial charge < -0.3 is 5.11 Å². The van der Waals surface area contributed by atoms with Gasteiger partial charge in [-0.3, -0.25) is 4.90 Å². The van der Waals surface area contributed by atoms with Crippen LogP contribution >= 0.6 is 0 Å². The van der Waals surface area contributed by atoms with Crippen molar-refractivity contribution < 1.29 is 23.1 Å². The minimum absolute atomic E-state index is 0.157. The summed E-state index contributed by atoms with van der Waals surface area (Å²) in [6.07, 6.45) is -6.36. The molecule has 0 radical (unpaired) electrons. The molecule has 0 saturated heterocycles. The predicted octanol–water partition coefficient (Wildman–Crippen LogP) is 3.26. The Morgan fingerprint density at radius 1 is 1.28 bits per heavy atom. The molecule has 0 unspecified atom stereocenters. The largest absolute Gasteiger partial charge is 0.465 e. The lowest BCUT2D eigenvalue weighted by Gasteiger charge is -2.31. The molecule has 6 heteroatoms. The molecule has 0 heterocycles. The normalized spacial score (nSPS) is 17.3. The summed E-state index contributed by atoms with van der Waals surface area (Å²) in [4.78, 5) is 11.6. The fraction of sp³-hybridized carbons (Fsp3) is 0.417. The second-order valence-corrected chi connectivity index (χ2v) is 4.38. The number of carboxylic acid groups (broad SMARTS) is 1. The summed E-state index contributed by atoms with van der Waals surface area (Å²) in [5.41, 5.74) is -1.63. The van der Waals surface area contributed by atoms with Crippen LogP contribution < -0.4 is 0 Å². The summed E-state index contributed by atoms with van der Waals surface area (Å²) >= 11 is 0. The van der Waals surface area contributed by atoms with E-state index in [9.17, 15) is 18.0 Å². The van der Waals surface area contributed by atoms with E-state index >= 15 is 0 Å². The van der Waals surface area contributed by atoms with Crippen LogP contribution in [0.1, 0.15) is 18.4 Å². The van der Waals surface area contributed by atoms with Gasteiger partial charge in [0.25, 0.3) is 0 Å². The van der Waals surface area contributed by atoms with Crippen molar-refractivity contribution in [3.63, 3.8) is 0 Å². The Labute approximate surface area is 102 Å². The van der Waals surface area contributed by atoms with E-state index in [0.717, 1.165) is 0 Å². The van der Waals surface area contributed by atoms with Gasteiger partial charge in [-0.25, -0.2) is 4.79 Å². The van der Waals surface area contributed by atoms with E-state index in [0.29, 0.717) is 10.5 Å². The summed E-state index contributed by atoms with van der Waals surface area (Å²) in [7, 11) is 0. The highest BCUT2D eigenvalue weighted by atomic mass is 19.4. The van der Waals surface area contributed by atoms with Crippen molar-refractivity contribution in [3.05, 3.63) is 35.9 Å². The van der Waals surface area contributed by atoms with Gasteiger partial charge in [0.05, 0.1) is 0 Å². The number of halogens is 3. The van der Waals surface area contributed by atoms with E-state index < -0.39 is 17.8 Å². The molecule has 98 valence electrons. The second-order valence-electron chi connectivity index (χ2n) is 4.38. The minimum Gasteiger partial charge on any atom is -0.465 e. The molecule has 0 bridgehead atoms. The maximum Gasteiger partial charge on any atom is 0.411 e. The molecule has 1 aliphatic carbocycles. The van der Waals surface area contributed by atoms with Crippen LogP contribution in [0.25, 0.3) is 0 Å². The van der Waals surface area contributed by atoms with Crippen LogP contribution in [0.15, 0.2) is 30.3 Å². The zero-order chi connectivity index (χ0) is 13.4. The smallest absolute Gasteiger partial charge is 0.411 e. The van der Waals surface area contributed by atoms with Gasteiger partial charge in [-0.2, -0.15) is 13.2 Å². The highest BCUT2D eigenvalue weighted by Gasteiger charge is 2.68. The molecule has 3 nitrogen and oxygen atoms in total. The summed E-state index contributed by atoms with van der Waals surface area (Å²) in [6, 6.07) is 8.29. The maximum atomic E-state index is 12.9. The number of hydrogen-bond donors (Lipinski definition) is 1. The average Bonchev–Trinajstić information content (AvgIpc) is 3.07. The molecule has 1 aliphatic rings. The SMILES string of the molecule is O=C(O)N(Cc1ccccc1)C1(C(F)(F)F)CC1. The van der Waals surface area contributed by atoms with Gasteiger partial charge in [0.2, 0.25) is 0 Å². The van der Waals surface area contributed by atoms with Crippen LogP contribution in [0.2, 0.25) is 0 Å². The molecule has 1 N–H and O–H groups in total. The number of amides is 1. The minimum atomic E-state index is -4.51. The third-order valence-corrected chi connectivity index (χ3v) is 3.18. The zero-order valence-corrected chi connectivity index (χ0v) is 9.44. The molecule has 1 aromatic carbocycles. The molecule has 0 atom stereocenters. The second kappa shape index (κ2) is 4.19. The lowest BCUT2D eigenvalue weighted by Crippen LogP contribution is -2.50. The Morgan fingerprint density at radius 2 is 1.83 bits per heavy atom. The highest BCUT2D eigenvalue weighted by molar-refractivity contribution is 5.67. The molecule has 1 saturated carbocycles. The van der Waals surface area contributed by atoms with E-state index in [1.807, 2.05) is 0 Å². The van der Waals surface area contributed by atoms with E-state index in [4.69, 9.17) is 5.11 Å². The van der Waals surface area contributed by atoms with Crippen molar-refractivity contribution in [2.45, 2.75) is 31.1 Å². The molecule has 18 heavy (non-hydrogen) atoms. The summed E-state index contributed by atoms with van der Waals surface area (Å²) < 4.78 is 38.7. The Bertz CT molecular complexity index is 440. The molecule has 1 fully saturated rings. The predicted molar refractivity (Wildman–Crippen MR) is 58.0 cm³/mol. The number of rotatable bonds is 3. The number of hydrogen-bond acceptors (Lipinski definition) is 1. The first-order valence-electron chi connectivity index (χ1n) is 5.48. The van der Waals surface area contributed by atoms with Crippen LogP contribution in [0.4, 0.5) is 18.0 Å². The van der Waals surface area contributed by atoms with Gasteiger partial charge in [-0.05, 0) is 18.4 Å². The Kier molecular flexibility index (Phi) is 2.96. The van der Waals surface area contributed by atoms with Gasteiger partial charge in [0.15, 0.2) is 0 Å². The average molecular weight is 259 g/mol. The van der Waals surface area contributed by atoms with Crippen LogP contribution in [0.5, 0.6) is 0 Å². The first-order valence-corrected chi connectivity index (χ1v) is 5.48. The molecule has 0 spiro atoms. The Balaban J connectivity index is 2.23. The third-order valence-electron chi connectivity index (χ3n) is 3.18. The Hall–Kier alpha value is -1.72. The van der Waals surface area contributed by atoms with Crippen molar-refractivity contribution in [2.75, 3.05) is 0 Å². The summed E-state index contributed by atoms with van der Waals surface area (Å²) in [5.74, 6) is 0. The van der Waals surface area contributed by atoms with E-state index in [2.05, 4.69) is 0 Å². The van der Waals surface area contributed by atoms with Crippen molar-refractivity contribution in [1.29, 1.82) is 0 Å². The number of benzene rings is 1. The van der Waals surface area contributed by atoms with Crippen LogP contribution in [0.3, 0.4) is 0 Å². The van der Waals surface area contributed by atoms with Crippen molar-refractivity contribution >= 4 is 6.09 Å². The van der Waals surface area contributed by atoms with Crippen molar-refractivity contribution in [3.8, 4) is 0 Å². The van der Waals surface area contributed by atoms with Crippen molar-refractivity contribution in [2.24, 2.45) is 0 Å². The molecule has 2 rings (SSSR count). The molecule has 1 amide bonds. The first-order chi connectivity index (χ1) is 8.37. The number of nitrogens with zero attached hydrogens (tertiary/aromatic N) is 1. The maximum absolute atomic E-state index is 12.9. The lowest BCUT2D eigenvalue weighted by molar-refractivity contribution is -0.191. The van der Waals surface area contributed by atoms with Gasteiger partial charge in [0.1, 0.15) is 5.54 Å². The van der Waals surface area contributed by atoms with Crippen LogP contribution in [-0.4, -0.2) is 27.8 Å². The topological polar surface area (TPSA) is 40.5 Å². The molecule has 1 aromatic rings. The quantitative estimate of drug-likeness (QED) is 0.905. The standard InChI is InChI=1S/C12H12F3NO2/c13-12(14,15)11(6-7-11)16(10(17)18)8-9-4-2-1-3-5-9/h1-5H,6-8H2,(H,17,18). The number of alkyl halides is 3. The fourth-order valence-electron chi connectivity index (χ4n) is 1.99. The molecular formula is C12H12F3NO2. The lowest BCUT2D eigenvalue weighted by atomic mass is 10.1. The fourth-order valence-corrected chi connectivity index (χ4v) is 1.99. The van der Waals surface area contributed by atoms with E-state index in [1.54, 1.807) is 30.3 Å². The first kappa shape index (κ1) is 12.7. The number of carbonyl (C=O) groups is 1. The van der Waals surface area contributed by atoms with Gasteiger partial charge in [0, 0.05) is 6.54 Å². The van der Waals surface area contributed by atoms with Crippen LogP contribution in [0, 0.1) is 0 Å². The van der Waals surface area contributed by atoms with Crippen molar-refractivity contribution in [1.82, 2.24) is 4.90 Å². The molecule has 0 aromatic heterocycles. The zero-order valence-electron chi connectivity index (χ0n) is 9.44. The summed E-state index contributed by atoms with van der Waals surface area (Å²) in [5, 5.41) is 9.00. The monoisotopic (exact) mass is 259 g/mol. The molecule has 0 aliphatic heterocycles. The molecular weight excluding hydrogens is 247 g/mol. The van der Waals surface area contributed by atoms with E-state index in [1.165, 1.54) is 0 Å². The highest BCUT2D eigenvalue weighted by Crippen LogP contribution is 2.54. The van der Waals surface area contributed by atoms with Crippen LogP contribution in [-0.2, 0) is 6.54 Å². The van der Waals surface area contributed by atoms with Gasteiger partial charge in [-0.15, -0.1) is 0 Å². The summed E-state index contributed by atoms with van der Waals surface area (Å²) in [6.45, 7) is -0.240. The van der Waals surface area contributed by atoms with E-state index in [-0.39, 0.29) is 19.4 Å².